The summed E-state index contributed by atoms with van der Waals surface area (Å²) in [6.45, 7) is 0. The molecular formula is C10H6F2N6. The van der Waals surface area contributed by atoms with Crippen LogP contribution in [-0.4, -0.2) is 11.5 Å². The lowest BCUT2D eigenvalue weighted by molar-refractivity contribution is 0.507. The minimum atomic E-state index is -1.32. The van der Waals surface area contributed by atoms with Gasteiger partial charge in [0.2, 0.25) is 5.71 Å². The zero-order valence-corrected chi connectivity index (χ0v) is 8.83. The first-order valence-electron chi connectivity index (χ1n) is 4.47. The molecule has 0 unspecified atom stereocenters. The van der Waals surface area contributed by atoms with Crippen molar-refractivity contribution >= 4 is 17.2 Å². The lowest BCUT2D eigenvalue weighted by atomic mass is 10.2. The Morgan fingerprint density at radius 3 is 2.56 bits per heavy atom. The highest BCUT2D eigenvalue weighted by molar-refractivity contribution is 6.45. The Morgan fingerprint density at radius 2 is 2.06 bits per heavy atom. The quantitative estimate of drug-likeness (QED) is 0.420. The molecule has 0 saturated heterocycles. The predicted octanol–water partition coefficient (Wildman–Crippen LogP) is 1.06. The van der Waals surface area contributed by atoms with Crippen LogP contribution >= 0.6 is 0 Å². The third-order valence-corrected chi connectivity index (χ3v) is 1.86. The van der Waals surface area contributed by atoms with Crippen molar-refractivity contribution < 1.29 is 8.78 Å². The summed E-state index contributed by atoms with van der Waals surface area (Å²) in [6, 6.07) is 4.86. The molecule has 1 rings (SSSR count). The van der Waals surface area contributed by atoms with Crippen molar-refractivity contribution in [3.05, 3.63) is 29.3 Å². The molecule has 0 fully saturated rings. The Hall–Kier alpha value is -3.00. The number of hydrazone groups is 1. The van der Waals surface area contributed by atoms with Crippen LogP contribution in [0.15, 0.2) is 17.2 Å². The SMILES string of the molecule is N#C/C(=N\Nc1ccc(F)c(F)c1C#N)C(=N)N. The molecule has 0 amide bonds. The number of nitrogens with zero attached hydrogens (tertiary/aromatic N) is 3. The van der Waals surface area contributed by atoms with Crippen LogP contribution in [0.5, 0.6) is 0 Å². The standard InChI is InChI=1S/C10H6F2N6/c11-6-1-2-7(5(3-13)9(6)12)17-18-8(4-14)10(15)16/h1-2,17H,(H3,15,16)/b18-8+. The van der Waals surface area contributed by atoms with Crippen LogP contribution in [0.2, 0.25) is 0 Å². The van der Waals surface area contributed by atoms with Gasteiger partial charge in [-0.15, -0.1) is 0 Å². The normalized spacial score (nSPS) is 10.3. The molecule has 0 aliphatic heterocycles. The van der Waals surface area contributed by atoms with Crippen molar-refractivity contribution in [3.8, 4) is 12.1 Å². The van der Waals surface area contributed by atoms with Crippen molar-refractivity contribution in [1.29, 1.82) is 15.9 Å². The zero-order chi connectivity index (χ0) is 13.7. The van der Waals surface area contributed by atoms with Crippen LogP contribution in [-0.2, 0) is 0 Å². The predicted molar refractivity (Wildman–Crippen MR) is 59.7 cm³/mol. The van der Waals surface area contributed by atoms with E-state index in [0.717, 1.165) is 12.1 Å². The number of nitrogens with two attached hydrogens (primary N) is 1. The molecule has 0 atom stereocenters. The first-order chi connectivity index (χ1) is 8.51. The van der Waals surface area contributed by atoms with E-state index < -0.39 is 28.7 Å². The summed E-state index contributed by atoms with van der Waals surface area (Å²) >= 11 is 0. The van der Waals surface area contributed by atoms with Gasteiger partial charge >= 0.3 is 0 Å². The first kappa shape index (κ1) is 13.1. The number of nitrogens with one attached hydrogen (secondary N) is 2. The summed E-state index contributed by atoms with van der Waals surface area (Å²) in [5.74, 6) is -3.08. The van der Waals surface area contributed by atoms with Gasteiger partial charge < -0.3 is 5.73 Å². The number of rotatable bonds is 3. The molecule has 18 heavy (non-hydrogen) atoms. The summed E-state index contributed by atoms with van der Waals surface area (Å²) in [5.41, 5.74) is 6.05. The molecule has 4 N–H and O–H groups in total. The van der Waals surface area contributed by atoms with Crippen LogP contribution in [0.25, 0.3) is 0 Å². The van der Waals surface area contributed by atoms with Crippen molar-refractivity contribution in [2.75, 3.05) is 5.43 Å². The molecule has 0 aromatic heterocycles. The van der Waals surface area contributed by atoms with Crippen LogP contribution in [0.4, 0.5) is 14.5 Å². The lowest BCUT2D eigenvalue weighted by Crippen LogP contribution is -2.22. The number of anilines is 1. The maximum Gasteiger partial charge on any atom is 0.201 e. The summed E-state index contributed by atoms with van der Waals surface area (Å²) in [6.07, 6.45) is 0. The second kappa shape index (κ2) is 5.37. The average Bonchev–Trinajstić information content (AvgIpc) is 2.34. The molecule has 8 heteroatoms. The summed E-state index contributed by atoms with van der Waals surface area (Å²) in [7, 11) is 0. The minimum Gasteiger partial charge on any atom is -0.382 e. The molecule has 6 nitrogen and oxygen atoms in total. The zero-order valence-electron chi connectivity index (χ0n) is 8.83. The molecule has 0 aliphatic rings. The van der Waals surface area contributed by atoms with E-state index in [9.17, 15) is 8.78 Å². The van der Waals surface area contributed by atoms with Gasteiger partial charge in [0.15, 0.2) is 17.5 Å². The third-order valence-electron chi connectivity index (χ3n) is 1.86. The Kier molecular flexibility index (Phi) is 3.89. The average molecular weight is 248 g/mol. The van der Waals surface area contributed by atoms with Crippen molar-refractivity contribution in [3.63, 3.8) is 0 Å². The van der Waals surface area contributed by atoms with E-state index in [1.807, 2.05) is 0 Å². The van der Waals surface area contributed by atoms with Gasteiger partial charge in [-0.2, -0.15) is 15.6 Å². The van der Waals surface area contributed by atoms with Gasteiger partial charge in [-0.05, 0) is 12.1 Å². The smallest absolute Gasteiger partial charge is 0.201 e. The maximum atomic E-state index is 13.2. The summed E-state index contributed by atoms with van der Waals surface area (Å²) in [4.78, 5) is 0. The highest BCUT2D eigenvalue weighted by atomic mass is 19.2. The number of halogens is 2. The monoisotopic (exact) mass is 248 g/mol. The van der Waals surface area contributed by atoms with Crippen molar-refractivity contribution in [2.45, 2.75) is 0 Å². The van der Waals surface area contributed by atoms with Gasteiger partial charge in [0.05, 0.1) is 5.69 Å². The number of benzene rings is 1. The molecule has 0 bridgehead atoms. The van der Waals surface area contributed by atoms with Crippen molar-refractivity contribution in [2.24, 2.45) is 10.8 Å². The Labute approximate surface area is 100 Å². The van der Waals surface area contributed by atoms with Crippen LogP contribution in [0.1, 0.15) is 5.56 Å². The van der Waals surface area contributed by atoms with E-state index in [1.165, 1.54) is 12.1 Å². The summed E-state index contributed by atoms with van der Waals surface area (Å²) in [5, 5.41) is 27.6. The van der Waals surface area contributed by atoms with Gasteiger partial charge in [0.1, 0.15) is 17.7 Å². The molecule has 0 spiro atoms. The highest BCUT2D eigenvalue weighted by Gasteiger charge is 2.13. The molecule has 0 heterocycles. The molecule has 0 saturated carbocycles. The fourth-order valence-corrected chi connectivity index (χ4v) is 1.01. The fourth-order valence-electron chi connectivity index (χ4n) is 1.01. The Balaban J connectivity index is 3.15. The van der Waals surface area contributed by atoms with E-state index in [1.54, 1.807) is 0 Å². The molecule has 0 radical (unpaired) electrons. The van der Waals surface area contributed by atoms with Crippen LogP contribution < -0.4 is 11.2 Å². The maximum absolute atomic E-state index is 13.2. The Morgan fingerprint density at radius 1 is 1.39 bits per heavy atom. The number of amidine groups is 1. The van der Waals surface area contributed by atoms with Gasteiger partial charge in [0, 0.05) is 0 Å². The molecule has 0 aliphatic carbocycles. The van der Waals surface area contributed by atoms with Crippen LogP contribution in [0.3, 0.4) is 0 Å². The molecule has 90 valence electrons. The largest absolute Gasteiger partial charge is 0.382 e. The second-order valence-corrected chi connectivity index (χ2v) is 2.99. The van der Waals surface area contributed by atoms with E-state index in [0.29, 0.717) is 0 Å². The van der Waals surface area contributed by atoms with E-state index in [-0.39, 0.29) is 5.69 Å². The molecule has 1 aromatic carbocycles. The fraction of sp³-hybridized carbons (Fsp3) is 0. The molecule has 1 aromatic rings. The first-order valence-corrected chi connectivity index (χ1v) is 4.47. The topological polar surface area (TPSA) is 122 Å². The van der Waals surface area contributed by atoms with E-state index in [4.69, 9.17) is 21.7 Å². The highest BCUT2D eigenvalue weighted by Crippen LogP contribution is 2.20. The number of hydrogen-bond acceptors (Lipinski definition) is 5. The van der Waals surface area contributed by atoms with E-state index in [2.05, 4.69) is 10.5 Å². The van der Waals surface area contributed by atoms with Gasteiger partial charge in [0.25, 0.3) is 0 Å². The second-order valence-electron chi connectivity index (χ2n) is 2.99. The van der Waals surface area contributed by atoms with Crippen molar-refractivity contribution in [1.82, 2.24) is 0 Å². The molecular weight excluding hydrogens is 242 g/mol. The lowest BCUT2D eigenvalue weighted by Gasteiger charge is -2.04. The third kappa shape index (κ3) is 2.57. The summed E-state index contributed by atoms with van der Waals surface area (Å²) < 4.78 is 26.1. The van der Waals surface area contributed by atoms with Crippen LogP contribution in [0, 0.1) is 39.7 Å². The minimum absolute atomic E-state index is 0.134. The number of nitriles is 2. The number of hydrogen-bond donors (Lipinski definition) is 3. The van der Waals surface area contributed by atoms with Gasteiger partial charge in [-0.3, -0.25) is 10.8 Å². The van der Waals surface area contributed by atoms with Gasteiger partial charge in [-0.1, -0.05) is 0 Å². The van der Waals surface area contributed by atoms with E-state index >= 15 is 0 Å². The van der Waals surface area contributed by atoms with Gasteiger partial charge in [-0.25, -0.2) is 8.78 Å². The Bertz CT molecular complexity index is 608.